The van der Waals surface area contributed by atoms with Crippen molar-refractivity contribution in [2.75, 3.05) is 27.3 Å². The van der Waals surface area contributed by atoms with Gasteiger partial charge in [-0.15, -0.1) is 11.3 Å². The number of amides is 1. The van der Waals surface area contributed by atoms with Crippen LogP contribution in [0.4, 0.5) is 0 Å². The molecule has 0 bridgehead atoms. The van der Waals surface area contributed by atoms with Crippen molar-refractivity contribution < 1.29 is 18.7 Å². The van der Waals surface area contributed by atoms with E-state index in [0.29, 0.717) is 29.6 Å². The highest BCUT2D eigenvalue weighted by molar-refractivity contribution is 7.13. The van der Waals surface area contributed by atoms with Crippen molar-refractivity contribution in [1.29, 1.82) is 0 Å². The lowest BCUT2D eigenvalue weighted by Gasteiger charge is -2.16. The fourth-order valence-corrected chi connectivity index (χ4v) is 2.92. The Kier molecular flexibility index (Phi) is 5.35. The van der Waals surface area contributed by atoms with Gasteiger partial charge in [-0.2, -0.15) is 0 Å². The fourth-order valence-electron chi connectivity index (χ4n) is 2.15. The second-order valence-electron chi connectivity index (χ2n) is 5.27. The van der Waals surface area contributed by atoms with E-state index in [2.05, 4.69) is 4.98 Å². The standard InChI is InChI=1S/C18H18N2O4S/c1-20(9-11-23-14-7-5-13(22-2)6-8-14)18(21)15-12-25-17(19-15)16-4-3-10-24-16/h3-8,10,12H,9,11H2,1-2H3. The molecule has 2 aromatic heterocycles. The zero-order chi connectivity index (χ0) is 17.6. The predicted octanol–water partition coefficient (Wildman–Crippen LogP) is 3.56. The van der Waals surface area contributed by atoms with E-state index in [1.807, 2.05) is 30.3 Å². The summed E-state index contributed by atoms with van der Waals surface area (Å²) < 4.78 is 16.0. The van der Waals surface area contributed by atoms with Crippen LogP contribution in [0.2, 0.25) is 0 Å². The van der Waals surface area contributed by atoms with Gasteiger partial charge in [-0.1, -0.05) is 0 Å². The van der Waals surface area contributed by atoms with Crippen molar-refractivity contribution in [3.8, 4) is 22.3 Å². The number of benzene rings is 1. The van der Waals surface area contributed by atoms with E-state index in [1.165, 1.54) is 11.3 Å². The Hall–Kier alpha value is -2.80. The lowest BCUT2D eigenvalue weighted by molar-refractivity contribution is 0.0769. The first-order valence-corrected chi connectivity index (χ1v) is 8.57. The van der Waals surface area contributed by atoms with Gasteiger partial charge in [0.25, 0.3) is 5.91 Å². The maximum Gasteiger partial charge on any atom is 0.273 e. The summed E-state index contributed by atoms with van der Waals surface area (Å²) >= 11 is 1.38. The Morgan fingerprint density at radius 2 is 2.00 bits per heavy atom. The molecule has 7 heteroatoms. The number of furan rings is 1. The summed E-state index contributed by atoms with van der Waals surface area (Å²) in [6.45, 7) is 0.849. The molecule has 1 amide bonds. The number of nitrogens with zero attached hydrogens (tertiary/aromatic N) is 2. The maximum atomic E-state index is 12.4. The first-order valence-electron chi connectivity index (χ1n) is 7.69. The molecule has 0 aliphatic heterocycles. The third-order valence-corrected chi connectivity index (χ3v) is 4.41. The smallest absolute Gasteiger partial charge is 0.273 e. The summed E-state index contributed by atoms with van der Waals surface area (Å²) in [4.78, 5) is 18.3. The van der Waals surface area contributed by atoms with Gasteiger partial charge in [0.15, 0.2) is 10.8 Å². The van der Waals surface area contributed by atoms with Crippen LogP contribution in [0.15, 0.2) is 52.5 Å². The molecule has 0 saturated heterocycles. The highest BCUT2D eigenvalue weighted by Crippen LogP contribution is 2.24. The number of ether oxygens (including phenoxy) is 2. The number of rotatable bonds is 7. The Morgan fingerprint density at radius 3 is 2.68 bits per heavy atom. The number of aromatic nitrogens is 1. The largest absolute Gasteiger partial charge is 0.497 e. The van der Waals surface area contributed by atoms with Crippen molar-refractivity contribution >= 4 is 17.2 Å². The van der Waals surface area contributed by atoms with E-state index in [0.717, 1.165) is 11.5 Å². The van der Waals surface area contributed by atoms with Crippen LogP contribution in [-0.2, 0) is 0 Å². The van der Waals surface area contributed by atoms with Crippen LogP contribution >= 0.6 is 11.3 Å². The van der Waals surface area contributed by atoms with E-state index in [-0.39, 0.29) is 5.91 Å². The predicted molar refractivity (Wildman–Crippen MR) is 95.3 cm³/mol. The second-order valence-corrected chi connectivity index (χ2v) is 6.12. The number of hydrogen-bond acceptors (Lipinski definition) is 6. The second kappa shape index (κ2) is 7.85. The van der Waals surface area contributed by atoms with Crippen LogP contribution in [0.3, 0.4) is 0 Å². The topological polar surface area (TPSA) is 64.8 Å². The van der Waals surface area contributed by atoms with E-state index >= 15 is 0 Å². The minimum atomic E-state index is -0.146. The van der Waals surface area contributed by atoms with Gasteiger partial charge < -0.3 is 18.8 Å². The van der Waals surface area contributed by atoms with Crippen molar-refractivity contribution in [3.63, 3.8) is 0 Å². The van der Waals surface area contributed by atoms with Gasteiger partial charge in [0.2, 0.25) is 0 Å². The van der Waals surface area contributed by atoms with E-state index in [9.17, 15) is 4.79 Å². The summed E-state index contributed by atoms with van der Waals surface area (Å²) in [6.07, 6.45) is 1.58. The SMILES string of the molecule is COc1ccc(OCCN(C)C(=O)c2csc(-c3ccco3)n2)cc1. The van der Waals surface area contributed by atoms with Gasteiger partial charge in [-0.3, -0.25) is 4.79 Å². The number of carbonyl (C=O) groups is 1. The summed E-state index contributed by atoms with van der Waals surface area (Å²) in [6, 6.07) is 10.9. The van der Waals surface area contributed by atoms with Crippen molar-refractivity contribution in [2.45, 2.75) is 0 Å². The molecule has 1 aromatic carbocycles. The van der Waals surface area contributed by atoms with Crippen LogP contribution < -0.4 is 9.47 Å². The third-order valence-electron chi connectivity index (χ3n) is 3.56. The maximum absolute atomic E-state index is 12.4. The lowest BCUT2D eigenvalue weighted by atomic mass is 10.3. The monoisotopic (exact) mass is 358 g/mol. The third kappa shape index (κ3) is 4.19. The fraction of sp³-hybridized carbons (Fsp3) is 0.222. The normalized spacial score (nSPS) is 10.5. The summed E-state index contributed by atoms with van der Waals surface area (Å²) in [5.41, 5.74) is 0.406. The minimum Gasteiger partial charge on any atom is -0.497 e. The molecule has 0 spiro atoms. The molecular formula is C18H18N2O4S. The van der Waals surface area contributed by atoms with Crippen LogP contribution in [0, 0.1) is 0 Å². The molecule has 2 heterocycles. The molecule has 0 fully saturated rings. The lowest BCUT2D eigenvalue weighted by Crippen LogP contribution is -2.31. The van der Waals surface area contributed by atoms with E-state index < -0.39 is 0 Å². The van der Waals surface area contributed by atoms with Crippen LogP contribution in [0.25, 0.3) is 10.8 Å². The molecule has 0 atom stereocenters. The summed E-state index contributed by atoms with van der Waals surface area (Å²) in [7, 11) is 3.35. The molecule has 0 saturated carbocycles. The van der Waals surface area contributed by atoms with Gasteiger partial charge in [-0.25, -0.2) is 4.98 Å². The molecule has 0 unspecified atom stereocenters. The summed E-state index contributed by atoms with van der Waals surface area (Å²) in [5, 5.41) is 2.43. The molecule has 0 radical (unpaired) electrons. The van der Waals surface area contributed by atoms with Gasteiger partial charge in [0.05, 0.1) is 19.9 Å². The average molecular weight is 358 g/mol. The minimum absolute atomic E-state index is 0.146. The molecular weight excluding hydrogens is 340 g/mol. The molecule has 130 valence electrons. The van der Waals surface area contributed by atoms with E-state index in [1.54, 1.807) is 36.8 Å². The van der Waals surface area contributed by atoms with E-state index in [4.69, 9.17) is 13.9 Å². The van der Waals surface area contributed by atoms with Gasteiger partial charge in [0.1, 0.15) is 23.8 Å². The van der Waals surface area contributed by atoms with Gasteiger partial charge in [-0.05, 0) is 36.4 Å². The Balaban J connectivity index is 1.52. The van der Waals surface area contributed by atoms with Crippen LogP contribution in [0.1, 0.15) is 10.5 Å². The molecule has 0 N–H and O–H groups in total. The number of methoxy groups -OCH3 is 1. The molecule has 6 nitrogen and oxygen atoms in total. The van der Waals surface area contributed by atoms with Crippen LogP contribution in [-0.4, -0.2) is 43.1 Å². The molecule has 3 aromatic rings. The molecule has 0 aliphatic rings. The van der Waals surface area contributed by atoms with Crippen molar-refractivity contribution in [3.05, 3.63) is 53.7 Å². The Labute approximate surface area is 149 Å². The molecule has 3 rings (SSSR count). The van der Waals surface area contributed by atoms with Gasteiger partial charge >= 0.3 is 0 Å². The number of hydrogen-bond donors (Lipinski definition) is 0. The average Bonchev–Trinajstić information content (AvgIpc) is 3.33. The first kappa shape index (κ1) is 17.0. The number of thiazole rings is 1. The number of likely N-dealkylation sites (N-methyl/N-ethyl adjacent to an activating group) is 1. The van der Waals surface area contributed by atoms with Crippen molar-refractivity contribution in [1.82, 2.24) is 9.88 Å². The number of carbonyl (C=O) groups excluding carboxylic acids is 1. The quantitative estimate of drug-likeness (QED) is 0.646. The van der Waals surface area contributed by atoms with Crippen LogP contribution in [0.5, 0.6) is 11.5 Å². The summed E-state index contributed by atoms with van der Waals surface area (Å²) in [5.74, 6) is 2.02. The highest BCUT2D eigenvalue weighted by atomic mass is 32.1. The Bertz CT molecular complexity index is 812. The molecule has 0 aliphatic carbocycles. The van der Waals surface area contributed by atoms with Crippen molar-refractivity contribution in [2.24, 2.45) is 0 Å². The zero-order valence-electron chi connectivity index (χ0n) is 14.0. The molecule has 25 heavy (non-hydrogen) atoms. The highest BCUT2D eigenvalue weighted by Gasteiger charge is 2.17. The Morgan fingerprint density at radius 1 is 1.24 bits per heavy atom. The van der Waals surface area contributed by atoms with Gasteiger partial charge in [0, 0.05) is 12.4 Å². The zero-order valence-corrected chi connectivity index (χ0v) is 14.8. The first-order chi connectivity index (χ1) is 12.2.